The van der Waals surface area contributed by atoms with Gasteiger partial charge in [-0.3, -0.25) is 4.79 Å². The minimum absolute atomic E-state index is 0.0124. The SMILES string of the molecule is CC(C)(C)C1CCC(=N/N=C2/NC(=O)[C@@H](c3ccccc3)S2)CC1. The molecule has 1 aromatic rings. The van der Waals surface area contributed by atoms with E-state index >= 15 is 0 Å². The molecule has 1 amide bonds. The number of amidine groups is 1. The Bertz CT molecular complexity index is 651. The van der Waals surface area contributed by atoms with Gasteiger partial charge in [0, 0.05) is 5.71 Å². The number of rotatable bonds is 2. The Hall–Kier alpha value is -1.62. The Morgan fingerprint density at radius 3 is 2.38 bits per heavy atom. The Labute approximate surface area is 148 Å². The molecule has 4 nitrogen and oxygen atoms in total. The lowest BCUT2D eigenvalue weighted by Crippen LogP contribution is -2.26. The van der Waals surface area contributed by atoms with Crippen molar-refractivity contribution in [2.24, 2.45) is 21.5 Å². The van der Waals surface area contributed by atoms with Crippen LogP contribution < -0.4 is 5.32 Å². The third kappa shape index (κ3) is 4.07. The van der Waals surface area contributed by atoms with Crippen molar-refractivity contribution in [3.8, 4) is 0 Å². The van der Waals surface area contributed by atoms with Gasteiger partial charge in [0.2, 0.25) is 5.91 Å². The quantitative estimate of drug-likeness (QED) is 0.802. The van der Waals surface area contributed by atoms with Crippen LogP contribution >= 0.6 is 11.8 Å². The van der Waals surface area contributed by atoms with Crippen LogP contribution in [-0.2, 0) is 4.79 Å². The van der Waals surface area contributed by atoms with E-state index in [1.807, 2.05) is 30.3 Å². The van der Waals surface area contributed by atoms with Crippen LogP contribution in [0, 0.1) is 11.3 Å². The topological polar surface area (TPSA) is 53.8 Å². The predicted molar refractivity (Wildman–Crippen MR) is 101 cm³/mol. The van der Waals surface area contributed by atoms with Crippen LogP contribution in [0.2, 0.25) is 0 Å². The van der Waals surface area contributed by atoms with Crippen molar-refractivity contribution in [1.29, 1.82) is 0 Å². The van der Waals surface area contributed by atoms with Crippen molar-refractivity contribution in [1.82, 2.24) is 5.32 Å². The summed E-state index contributed by atoms with van der Waals surface area (Å²) in [5.74, 6) is 0.744. The van der Waals surface area contributed by atoms with E-state index in [0.717, 1.165) is 30.0 Å². The molecule has 1 N–H and O–H groups in total. The number of amides is 1. The minimum Gasteiger partial charge on any atom is -0.302 e. The second kappa shape index (κ2) is 7.09. The maximum Gasteiger partial charge on any atom is 0.244 e. The maximum atomic E-state index is 12.1. The lowest BCUT2D eigenvalue weighted by molar-refractivity contribution is -0.118. The number of hydrogen-bond acceptors (Lipinski definition) is 4. The molecule has 0 spiro atoms. The number of nitrogens with one attached hydrogen (secondary N) is 1. The highest BCUT2D eigenvalue weighted by Gasteiger charge is 2.32. The highest BCUT2D eigenvalue weighted by atomic mass is 32.2. The molecule has 2 fully saturated rings. The lowest BCUT2D eigenvalue weighted by atomic mass is 9.72. The fourth-order valence-electron chi connectivity index (χ4n) is 3.29. The molecule has 0 aromatic heterocycles. The molecule has 1 saturated heterocycles. The molecule has 1 atom stereocenters. The molecule has 0 bridgehead atoms. The van der Waals surface area contributed by atoms with Crippen molar-refractivity contribution in [3.63, 3.8) is 0 Å². The fourth-order valence-corrected chi connectivity index (χ4v) is 4.22. The van der Waals surface area contributed by atoms with E-state index in [1.54, 1.807) is 0 Å². The van der Waals surface area contributed by atoms with Gasteiger partial charge >= 0.3 is 0 Å². The first-order valence-corrected chi connectivity index (χ1v) is 9.47. The molecule has 24 heavy (non-hydrogen) atoms. The van der Waals surface area contributed by atoms with Crippen molar-refractivity contribution >= 4 is 28.5 Å². The lowest BCUT2D eigenvalue weighted by Gasteiger charge is -2.34. The van der Waals surface area contributed by atoms with Crippen molar-refractivity contribution < 1.29 is 4.79 Å². The molecule has 3 rings (SSSR count). The van der Waals surface area contributed by atoms with Gasteiger partial charge in [0.1, 0.15) is 5.25 Å². The van der Waals surface area contributed by atoms with E-state index in [-0.39, 0.29) is 11.2 Å². The van der Waals surface area contributed by atoms with Gasteiger partial charge in [0.25, 0.3) is 0 Å². The first-order chi connectivity index (χ1) is 11.4. The highest BCUT2D eigenvalue weighted by Crippen LogP contribution is 2.37. The van der Waals surface area contributed by atoms with Gasteiger partial charge in [-0.05, 0) is 42.6 Å². The Morgan fingerprint density at radius 2 is 1.75 bits per heavy atom. The second-order valence-electron chi connectivity index (χ2n) is 7.61. The van der Waals surface area contributed by atoms with E-state index < -0.39 is 0 Å². The molecular weight excluding hydrogens is 318 g/mol. The third-order valence-electron chi connectivity index (χ3n) is 4.87. The molecule has 1 aromatic carbocycles. The molecule has 1 aliphatic carbocycles. The normalized spacial score (nSPS) is 26.5. The largest absolute Gasteiger partial charge is 0.302 e. The second-order valence-corrected chi connectivity index (χ2v) is 8.70. The van der Waals surface area contributed by atoms with Crippen molar-refractivity contribution in [2.75, 3.05) is 0 Å². The average molecular weight is 343 g/mol. The minimum atomic E-state index is -0.221. The molecular formula is C19H25N3OS. The van der Waals surface area contributed by atoms with Gasteiger partial charge in [-0.25, -0.2) is 0 Å². The summed E-state index contributed by atoms with van der Waals surface area (Å²) in [4.78, 5) is 12.1. The summed E-state index contributed by atoms with van der Waals surface area (Å²) in [7, 11) is 0. The van der Waals surface area contributed by atoms with E-state index in [0.29, 0.717) is 10.6 Å². The summed E-state index contributed by atoms with van der Waals surface area (Å²) in [5, 5.41) is 11.9. The maximum absolute atomic E-state index is 12.1. The Morgan fingerprint density at radius 1 is 1.08 bits per heavy atom. The van der Waals surface area contributed by atoms with Crippen LogP contribution in [0.4, 0.5) is 0 Å². The van der Waals surface area contributed by atoms with Gasteiger partial charge in [-0.15, -0.1) is 5.10 Å². The Balaban J connectivity index is 1.61. The summed E-state index contributed by atoms with van der Waals surface area (Å²) < 4.78 is 0. The van der Waals surface area contributed by atoms with Crippen LogP contribution in [0.5, 0.6) is 0 Å². The molecule has 0 unspecified atom stereocenters. The number of thioether (sulfide) groups is 1. The summed E-state index contributed by atoms with van der Waals surface area (Å²) in [5.41, 5.74) is 2.53. The predicted octanol–water partition coefficient (Wildman–Crippen LogP) is 4.54. The number of hydrogen-bond donors (Lipinski definition) is 1. The molecule has 1 aliphatic heterocycles. The molecule has 128 valence electrons. The smallest absolute Gasteiger partial charge is 0.244 e. The van der Waals surface area contributed by atoms with Gasteiger partial charge < -0.3 is 5.32 Å². The van der Waals surface area contributed by atoms with Crippen LogP contribution in [0.15, 0.2) is 40.5 Å². The summed E-state index contributed by atoms with van der Waals surface area (Å²) >= 11 is 1.45. The molecule has 5 heteroatoms. The molecule has 2 aliphatic rings. The van der Waals surface area contributed by atoms with E-state index in [1.165, 1.54) is 24.6 Å². The van der Waals surface area contributed by atoms with Gasteiger partial charge in [0.15, 0.2) is 5.17 Å². The van der Waals surface area contributed by atoms with E-state index in [2.05, 4.69) is 36.3 Å². The van der Waals surface area contributed by atoms with Gasteiger partial charge in [0.05, 0.1) is 0 Å². The van der Waals surface area contributed by atoms with Crippen LogP contribution in [0.1, 0.15) is 57.3 Å². The van der Waals surface area contributed by atoms with Gasteiger partial charge in [-0.1, -0.05) is 62.9 Å². The molecule has 0 radical (unpaired) electrons. The Kier molecular flexibility index (Phi) is 5.09. The van der Waals surface area contributed by atoms with Crippen LogP contribution in [0.3, 0.4) is 0 Å². The summed E-state index contributed by atoms with van der Waals surface area (Å²) in [6.45, 7) is 6.94. The zero-order valence-corrected chi connectivity index (χ0v) is 15.4. The number of carbonyl (C=O) groups excluding carboxylic acids is 1. The van der Waals surface area contributed by atoms with E-state index in [9.17, 15) is 4.79 Å². The van der Waals surface area contributed by atoms with Crippen molar-refractivity contribution in [2.45, 2.75) is 51.7 Å². The monoisotopic (exact) mass is 343 g/mol. The first kappa shape index (κ1) is 17.2. The molecule has 1 heterocycles. The standard InChI is InChI=1S/C19H25N3OS/c1-19(2,3)14-9-11-15(12-10-14)21-22-18-20-17(23)16(24-18)13-7-5-4-6-8-13/h4-8,14,16H,9-12H2,1-3H3,(H,20,22,23)/t14?,16-/m1/s1. The fraction of sp³-hybridized carbons (Fsp3) is 0.526. The van der Waals surface area contributed by atoms with Crippen molar-refractivity contribution in [3.05, 3.63) is 35.9 Å². The highest BCUT2D eigenvalue weighted by molar-refractivity contribution is 8.15. The number of carbonyl (C=O) groups is 1. The zero-order chi connectivity index (χ0) is 17.2. The van der Waals surface area contributed by atoms with E-state index in [4.69, 9.17) is 0 Å². The number of benzene rings is 1. The first-order valence-electron chi connectivity index (χ1n) is 8.59. The molecule has 1 saturated carbocycles. The van der Waals surface area contributed by atoms with Crippen LogP contribution in [0.25, 0.3) is 0 Å². The average Bonchev–Trinajstić information content (AvgIpc) is 2.94. The summed E-state index contributed by atoms with van der Waals surface area (Å²) in [6.07, 6.45) is 4.39. The third-order valence-corrected chi connectivity index (χ3v) is 6.00. The zero-order valence-electron chi connectivity index (χ0n) is 14.6. The van der Waals surface area contributed by atoms with Gasteiger partial charge in [-0.2, -0.15) is 5.10 Å². The van der Waals surface area contributed by atoms with Crippen LogP contribution in [-0.4, -0.2) is 16.8 Å². The summed E-state index contributed by atoms with van der Waals surface area (Å²) in [6, 6.07) is 9.80. The number of nitrogens with zero attached hydrogens (tertiary/aromatic N) is 2.